The van der Waals surface area contributed by atoms with Crippen molar-refractivity contribution in [1.82, 2.24) is 14.8 Å². The van der Waals surface area contributed by atoms with E-state index in [0.717, 1.165) is 0 Å². The van der Waals surface area contributed by atoms with Crippen LogP contribution in [0.2, 0.25) is 0 Å². The van der Waals surface area contributed by atoms with Gasteiger partial charge in [0.05, 0.1) is 6.04 Å². The molecular formula is C16H31N3. The summed E-state index contributed by atoms with van der Waals surface area (Å²) in [5.74, 6) is 0. The van der Waals surface area contributed by atoms with Gasteiger partial charge in [-0.2, -0.15) is 5.10 Å². The quantitative estimate of drug-likeness (QED) is 0.489. The average molecular weight is 265 g/mol. The van der Waals surface area contributed by atoms with E-state index in [9.17, 15) is 0 Å². The number of hydrogen-bond acceptors (Lipinski definition) is 2. The minimum absolute atomic E-state index is 0.497. The summed E-state index contributed by atoms with van der Waals surface area (Å²) >= 11 is 0. The van der Waals surface area contributed by atoms with Gasteiger partial charge in [0.2, 0.25) is 0 Å². The van der Waals surface area contributed by atoms with Crippen molar-refractivity contribution in [2.45, 2.75) is 90.5 Å². The zero-order valence-electron chi connectivity index (χ0n) is 12.9. The Kier molecular flexibility index (Phi) is 9.38. The number of hydrogen-bond donors (Lipinski definition) is 0. The molecule has 0 amide bonds. The highest BCUT2D eigenvalue weighted by atomic mass is 15.3. The molecule has 0 aliphatic heterocycles. The summed E-state index contributed by atoms with van der Waals surface area (Å²) in [7, 11) is 0. The molecule has 0 radical (unpaired) electrons. The van der Waals surface area contributed by atoms with Gasteiger partial charge >= 0.3 is 0 Å². The molecule has 0 spiro atoms. The lowest BCUT2D eigenvalue weighted by Crippen LogP contribution is -2.05. The van der Waals surface area contributed by atoms with Gasteiger partial charge in [0.1, 0.15) is 12.7 Å². The molecule has 19 heavy (non-hydrogen) atoms. The fraction of sp³-hybridized carbons (Fsp3) is 0.875. The second-order valence-corrected chi connectivity index (χ2v) is 5.70. The molecule has 1 unspecified atom stereocenters. The fourth-order valence-corrected chi connectivity index (χ4v) is 2.50. The molecule has 3 heteroatoms. The number of nitrogens with zero attached hydrogens (tertiary/aromatic N) is 3. The van der Waals surface area contributed by atoms with Crippen LogP contribution in [0, 0.1) is 0 Å². The molecule has 0 aliphatic carbocycles. The van der Waals surface area contributed by atoms with E-state index in [1.54, 1.807) is 6.33 Å². The maximum atomic E-state index is 4.19. The Balaban J connectivity index is 1.83. The minimum atomic E-state index is 0.497. The van der Waals surface area contributed by atoms with Gasteiger partial charge in [0.15, 0.2) is 0 Å². The summed E-state index contributed by atoms with van der Waals surface area (Å²) in [5.41, 5.74) is 0. The van der Waals surface area contributed by atoms with Gasteiger partial charge < -0.3 is 0 Å². The monoisotopic (exact) mass is 265 g/mol. The maximum absolute atomic E-state index is 4.19. The summed E-state index contributed by atoms with van der Waals surface area (Å²) in [6, 6.07) is 0.497. The van der Waals surface area contributed by atoms with E-state index in [1.807, 2.05) is 11.0 Å². The molecule has 3 nitrogen and oxygen atoms in total. The van der Waals surface area contributed by atoms with Crippen molar-refractivity contribution in [1.29, 1.82) is 0 Å². The van der Waals surface area contributed by atoms with Crippen LogP contribution in [-0.2, 0) is 0 Å². The van der Waals surface area contributed by atoms with Gasteiger partial charge in [-0.25, -0.2) is 4.98 Å². The Hall–Kier alpha value is -0.860. The Morgan fingerprint density at radius 3 is 2.00 bits per heavy atom. The molecule has 0 aromatic carbocycles. The van der Waals surface area contributed by atoms with Crippen LogP contribution < -0.4 is 0 Å². The van der Waals surface area contributed by atoms with E-state index in [1.165, 1.54) is 70.6 Å². The molecule has 110 valence electrons. The van der Waals surface area contributed by atoms with E-state index in [2.05, 4.69) is 23.9 Å². The van der Waals surface area contributed by atoms with E-state index in [4.69, 9.17) is 0 Å². The molecule has 1 aromatic rings. The van der Waals surface area contributed by atoms with Crippen LogP contribution in [0.5, 0.6) is 0 Å². The SMILES string of the molecule is CCCCCCCCCCCCC(C)n1cncn1. The first-order chi connectivity index (χ1) is 9.34. The highest BCUT2D eigenvalue weighted by molar-refractivity contribution is 4.64. The Bertz CT molecular complexity index is 282. The Morgan fingerprint density at radius 1 is 0.895 bits per heavy atom. The second kappa shape index (κ2) is 11.0. The van der Waals surface area contributed by atoms with Crippen molar-refractivity contribution in [3.05, 3.63) is 12.7 Å². The van der Waals surface area contributed by atoms with E-state index >= 15 is 0 Å². The summed E-state index contributed by atoms with van der Waals surface area (Å²) in [6.45, 7) is 4.50. The molecular weight excluding hydrogens is 234 g/mol. The van der Waals surface area contributed by atoms with E-state index in [-0.39, 0.29) is 0 Å². The van der Waals surface area contributed by atoms with Crippen LogP contribution in [0.3, 0.4) is 0 Å². The van der Waals surface area contributed by atoms with Gasteiger partial charge in [-0.15, -0.1) is 0 Å². The first-order valence-electron chi connectivity index (χ1n) is 8.18. The zero-order valence-corrected chi connectivity index (χ0v) is 12.9. The standard InChI is InChI=1S/C16H31N3/c1-3-4-5-6-7-8-9-10-11-12-13-16(2)19-15-17-14-18-19/h14-16H,3-13H2,1-2H3. The predicted octanol–water partition coefficient (Wildman–Crippen LogP) is 5.15. The second-order valence-electron chi connectivity index (χ2n) is 5.70. The molecule has 1 heterocycles. The Morgan fingerprint density at radius 2 is 1.47 bits per heavy atom. The van der Waals surface area contributed by atoms with Crippen LogP contribution in [0.4, 0.5) is 0 Å². The summed E-state index contributed by atoms with van der Waals surface area (Å²) in [6.07, 6.45) is 18.7. The third-order valence-electron chi connectivity index (χ3n) is 3.86. The van der Waals surface area contributed by atoms with Crippen molar-refractivity contribution < 1.29 is 0 Å². The summed E-state index contributed by atoms with van der Waals surface area (Å²) in [5, 5.41) is 4.19. The number of aromatic nitrogens is 3. The molecule has 0 fully saturated rings. The highest BCUT2D eigenvalue weighted by Crippen LogP contribution is 2.15. The first kappa shape index (κ1) is 16.2. The van der Waals surface area contributed by atoms with Gasteiger partial charge in [-0.05, 0) is 13.3 Å². The lowest BCUT2D eigenvalue weighted by Gasteiger charge is -2.10. The molecule has 0 saturated heterocycles. The lowest BCUT2D eigenvalue weighted by atomic mass is 10.0. The molecule has 1 aromatic heterocycles. The van der Waals surface area contributed by atoms with Crippen molar-refractivity contribution in [2.75, 3.05) is 0 Å². The third-order valence-corrected chi connectivity index (χ3v) is 3.86. The molecule has 1 rings (SSSR count). The molecule has 0 bridgehead atoms. The van der Waals surface area contributed by atoms with Crippen molar-refractivity contribution in [2.24, 2.45) is 0 Å². The highest BCUT2D eigenvalue weighted by Gasteiger charge is 2.03. The van der Waals surface area contributed by atoms with Crippen LogP contribution in [0.25, 0.3) is 0 Å². The maximum Gasteiger partial charge on any atom is 0.137 e. The van der Waals surface area contributed by atoms with Crippen molar-refractivity contribution in [3.63, 3.8) is 0 Å². The van der Waals surface area contributed by atoms with Gasteiger partial charge in [0, 0.05) is 0 Å². The predicted molar refractivity (Wildman–Crippen MR) is 81.2 cm³/mol. The van der Waals surface area contributed by atoms with Crippen LogP contribution in [0.1, 0.15) is 90.5 Å². The third kappa shape index (κ3) is 8.02. The number of rotatable bonds is 12. The van der Waals surface area contributed by atoms with Gasteiger partial charge in [-0.1, -0.05) is 71.1 Å². The van der Waals surface area contributed by atoms with Gasteiger partial charge in [0.25, 0.3) is 0 Å². The average Bonchev–Trinajstić information content (AvgIpc) is 2.95. The van der Waals surface area contributed by atoms with Crippen LogP contribution in [0.15, 0.2) is 12.7 Å². The molecule has 0 aliphatic rings. The fourth-order valence-electron chi connectivity index (χ4n) is 2.50. The lowest BCUT2D eigenvalue weighted by molar-refractivity contribution is 0.431. The van der Waals surface area contributed by atoms with E-state index < -0.39 is 0 Å². The van der Waals surface area contributed by atoms with Crippen LogP contribution >= 0.6 is 0 Å². The van der Waals surface area contributed by atoms with Gasteiger partial charge in [-0.3, -0.25) is 4.68 Å². The molecule has 0 N–H and O–H groups in total. The number of unbranched alkanes of at least 4 members (excludes halogenated alkanes) is 9. The van der Waals surface area contributed by atoms with Crippen molar-refractivity contribution in [3.8, 4) is 0 Å². The molecule has 0 saturated carbocycles. The minimum Gasteiger partial charge on any atom is -0.250 e. The largest absolute Gasteiger partial charge is 0.250 e. The van der Waals surface area contributed by atoms with Crippen molar-refractivity contribution >= 4 is 0 Å². The summed E-state index contributed by atoms with van der Waals surface area (Å²) in [4.78, 5) is 3.99. The topological polar surface area (TPSA) is 30.7 Å². The normalized spacial score (nSPS) is 12.7. The molecule has 1 atom stereocenters. The zero-order chi connectivity index (χ0) is 13.8. The first-order valence-corrected chi connectivity index (χ1v) is 8.18. The van der Waals surface area contributed by atoms with Crippen LogP contribution in [-0.4, -0.2) is 14.8 Å². The van der Waals surface area contributed by atoms with E-state index in [0.29, 0.717) is 6.04 Å². The summed E-state index contributed by atoms with van der Waals surface area (Å²) < 4.78 is 1.97. The Labute approximate surface area is 118 Å². The smallest absolute Gasteiger partial charge is 0.137 e.